The number of nitrogens with zero attached hydrogens (tertiary/aromatic N) is 4. The average molecular weight is 671 g/mol. The van der Waals surface area contributed by atoms with Crippen molar-refractivity contribution in [2.75, 3.05) is 0 Å². The molecule has 4 heterocycles. The molecular formula is C45H26N4OS. The zero-order chi connectivity index (χ0) is 33.5. The van der Waals surface area contributed by atoms with Crippen LogP contribution in [0.15, 0.2) is 158 Å². The molecule has 6 heteroatoms. The molecule has 51 heavy (non-hydrogen) atoms. The Bertz CT molecular complexity index is 2940. The van der Waals surface area contributed by atoms with Gasteiger partial charge in [-0.25, -0.2) is 15.0 Å². The molecule has 0 amide bonds. The van der Waals surface area contributed by atoms with Crippen molar-refractivity contribution < 1.29 is 4.74 Å². The third-order valence-electron chi connectivity index (χ3n) is 9.84. The van der Waals surface area contributed by atoms with E-state index in [4.69, 9.17) is 19.7 Å². The van der Waals surface area contributed by atoms with Crippen molar-refractivity contribution in [3.63, 3.8) is 0 Å². The Morgan fingerprint density at radius 2 is 1.10 bits per heavy atom. The Morgan fingerprint density at radius 3 is 1.88 bits per heavy atom. The molecular weight excluding hydrogens is 645 g/mol. The number of rotatable bonds is 4. The van der Waals surface area contributed by atoms with Crippen LogP contribution >= 0.6 is 11.3 Å². The number of ether oxygens (including phenoxy) is 1. The minimum Gasteiger partial charge on any atom is -0.453 e. The normalized spacial score (nSPS) is 12.1. The fourth-order valence-electron chi connectivity index (χ4n) is 7.53. The third-order valence-corrected chi connectivity index (χ3v) is 11.0. The van der Waals surface area contributed by atoms with Gasteiger partial charge in [-0.3, -0.25) is 0 Å². The van der Waals surface area contributed by atoms with Crippen molar-refractivity contribution >= 4 is 53.3 Å². The van der Waals surface area contributed by atoms with Crippen molar-refractivity contribution in [2.24, 2.45) is 0 Å². The highest BCUT2D eigenvalue weighted by atomic mass is 32.1. The number of aromatic nitrogens is 4. The zero-order valence-electron chi connectivity index (χ0n) is 27.1. The molecule has 0 atom stereocenters. The van der Waals surface area contributed by atoms with Crippen LogP contribution in [0.3, 0.4) is 0 Å². The minimum absolute atomic E-state index is 0.652. The summed E-state index contributed by atoms with van der Waals surface area (Å²) in [4.78, 5) is 14.9. The first-order valence-corrected chi connectivity index (χ1v) is 17.8. The highest BCUT2D eigenvalue weighted by molar-refractivity contribution is 7.26. The SMILES string of the molecule is c1ccc(-c2nc(-c3ccccc3)nc(-c3ccc4sc5cccc(-c6ccc7c(c6)c6cccc8c6n7-c6ccccc6O8)c5c4c3)n2)cc1. The Kier molecular flexibility index (Phi) is 6.05. The summed E-state index contributed by atoms with van der Waals surface area (Å²) in [5.74, 6) is 3.71. The lowest BCUT2D eigenvalue weighted by Crippen LogP contribution is -2.03. The van der Waals surface area contributed by atoms with Crippen LogP contribution in [-0.2, 0) is 0 Å². The number of fused-ring (bicyclic) bond motifs is 8. The van der Waals surface area contributed by atoms with Crippen molar-refractivity contribution in [2.45, 2.75) is 0 Å². The Hall–Kier alpha value is -6.63. The van der Waals surface area contributed by atoms with E-state index in [2.05, 4.69) is 89.5 Å². The van der Waals surface area contributed by atoms with Gasteiger partial charge in [0.25, 0.3) is 0 Å². The largest absolute Gasteiger partial charge is 0.453 e. The predicted octanol–water partition coefficient (Wildman–Crippen LogP) is 12.1. The van der Waals surface area contributed by atoms with Gasteiger partial charge < -0.3 is 9.30 Å². The number of hydrogen-bond acceptors (Lipinski definition) is 5. The standard InChI is InChI=1S/C45H26N4OS/c1-3-11-27(12-4-1)43-46-44(28-13-5-2-6-14-28)48-45(47-43)30-22-24-39-34(26-30)41-31(15-10-20-40(41)51-39)29-21-23-35-33(25-29)32-16-9-19-38-42(32)49(35)36-17-7-8-18-37(36)50-38/h1-26H. The van der Waals surface area contributed by atoms with E-state index in [1.807, 2.05) is 84.1 Å². The molecule has 0 unspecified atom stereocenters. The van der Waals surface area contributed by atoms with Crippen LogP contribution in [0.5, 0.6) is 11.5 Å². The first-order chi connectivity index (χ1) is 25.3. The second kappa shape index (κ2) is 10.9. The van der Waals surface area contributed by atoms with E-state index in [1.165, 1.54) is 47.6 Å². The predicted molar refractivity (Wildman–Crippen MR) is 209 cm³/mol. The fourth-order valence-corrected chi connectivity index (χ4v) is 8.64. The molecule has 5 nitrogen and oxygen atoms in total. The van der Waals surface area contributed by atoms with E-state index in [9.17, 15) is 0 Å². The fraction of sp³-hybridized carbons (Fsp3) is 0. The van der Waals surface area contributed by atoms with Gasteiger partial charge in [-0.15, -0.1) is 11.3 Å². The summed E-state index contributed by atoms with van der Waals surface area (Å²) in [7, 11) is 0. The van der Waals surface area contributed by atoms with Crippen LogP contribution in [-0.4, -0.2) is 19.5 Å². The highest BCUT2D eigenvalue weighted by Gasteiger charge is 2.24. The van der Waals surface area contributed by atoms with E-state index in [1.54, 1.807) is 0 Å². The summed E-state index contributed by atoms with van der Waals surface area (Å²) in [5.41, 5.74) is 8.58. The maximum Gasteiger partial charge on any atom is 0.164 e. The van der Waals surface area contributed by atoms with Gasteiger partial charge in [0.2, 0.25) is 0 Å². The molecule has 11 rings (SSSR count). The lowest BCUT2D eigenvalue weighted by molar-refractivity contribution is 0.476. The quantitative estimate of drug-likeness (QED) is 0.187. The van der Waals surface area contributed by atoms with Crippen molar-refractivity contribution in [1.82, 2.24) is 19.5 Å². The number of hydrogen-bond donors (Lipinski definition) is 0. The molecule has 0 N–H and O–H groups in total. The zero-order valence-corrected chi connectivity index (χ0v) is 27.9. The summed E-state index contributed by atoms with van der Waals surface area (Å²) in [6, 6.07) is 54.9. The summed E-state index contributed by atoms with van der Waals surface area (Å²) >= 11 is 1.82. The van der Waals surface area contributed by atoms with Crippen molar-refractivity contribution in [3.05, 3.63) is 158 Å². The monoisotopic (exact) mass is 670 g/mol. The summed E-state index contributed by atoms with van der Waals surface area (Å²) in [6.45, 7) is 0. The van der Waals surface area contributed by atoms with Gasteiger partial charge in [0.05, 0.1) is 16.7 Å². The lowest BCUT2D eigenvalue weighted by atomic mass is 9.97. The van der Waals surface area contributed by atoms with Gasteiger partial charge in [-0.2, -0.15) is 0 Å². The molecule has 0 radical (unpaired) electrons. The average Bonchev–Trinajstić information content (AvgIpc) is 3.75. The van der Waals surface area contributed by atoms with Gasteiger partial charge >= 0.3 is 0 Å². The topological polar surface area (TPSA) is 52.8 Å². The van der Waals surface area contributed by atoms with Crippen molar-refractivity contribution in [3.8, 4) is 62.5 Å². The molecule has 1 aliphatic rings. The number of benzene rings is 7. The highest BCUT2D eigenvalue weighted by Crippen LogP contribution is 2.47. The molecule has 0 spiro atoms. The van der Waals surface area contributed by atoms with E-state index >= 15 is 0 Å². The van der Waals surface area contributed by atoms with Crippen LogP contribution in [0, 0.1) is 0 Å². The molecule has 3 aromatic heterocycles. The van der Waals surface area contributed by atoms with Crippen LogP contribution < -0.4 is 4.74 Å². The Labute approximate surface area is 296 Å². The summed E-state index contributed by atoms with van der Waals surface area (Å²) in [6.07, 6.45) is 0. The van der Waals surface area contributed by atoms with E-state index in [0.29, 0.717) is 17.5 Å². The summed E-state index contributed by atoms with van der Waals surface area (Å²) < 4.78 is 11.2. The molecule has 0 bridgehead atoms. The molecule has 0 saturated carbocycles. The first kappa shape index (κ1) is 28.2. The first-order valence-electron chi connectivity index (χ1n) is 16.9. The van der Waals surface area contributed by atoms with Crippen LogP contribution in [0.4, 0.5) is 0 Å². The van der Waals surface area contributed by atoms with E-state index in [0.717, 1.165) is 39.4 Å². The van der Waals surface area contributed by atoms with E-state index < -0.39 is 0 Å². The van der Waals surface area contributed by atoms with E-state index in [-0.39, 0.29) is 0 Å². The van der Waals surface area contributed by atoms with Gasteiger partial charge in [-0.05, 0) is 65.7 Å². The second-order valence-electron chi connectivity index (χ2n) is 12.8. The van der Waals surface area contributed by atoms with Gasteiger partial charge in [0, 0.05) is 47.6 Å². The summed E-state index contributed by atoms with van der Waals surface area (Å²) in [5, 5.41) is 4.81. The number of thiophene rings is 1. The van der Waals surface area contributed by atoms with Crippen molar-refractivity contribution in [1.29, 1.82) is 0 Å². The molecule has 1 aliphatic heterocycles. The second-order valence-corrected chi connectivity index (χ2v) is 13.9. The van der Waals surface area contributed by atoms with Crippen LogP contribution in [0.25, 0.3) is 93.0 Å². The number of para-hydroxylation sites is 3. The van der Waals surface area contributed by atoms with Gasteiger partial charge in [0.15, 0.2) is 29.0 Å². The molecule has 7 aromatic carbocycles. The van der Waals surface area contributed by atoms with Crippen LogP contribution in [0.1, 0.15) is 0 Å². The molecule has 0 saturated heterocycles. The third kappa shape index (κ3) is 4.37. The van der Waals surface area contributed by atoms with Gasteiger partial charge in [-0.1, -0.05) is 103 Å². The Morgan fingerprint density at radius 1 is 0.451 bits per heavy atom. The van der Waals surface area contributed by atoms with Crippen LogP contribution in [0.2, 0.25) is 0 Å². The molecule has 0 aliphatic carbocycles. The smallest absolute Gasteiger partial charge is 0.164 e. The lowest BCUT2D eigenvalue weighted by Gasteiger charge is -2.20. The Balaban J connectivity index is 1.11. The molecule has 0 fully saturated rings. The maximum atomic E-state index is 6.37. The minimum atomic E-state index is 0.652. The molecule has 238 valence electrons. The maximum absolute atomic E-state index is 6.37. The molecule has 10 aromatic rings. The van der Waals surface area contributed by atoms with Gasteiger partial charge in [0.1, 0.15) is 0 Å².